The number of carbonyl (C=O) groups is 1. The largest absolute Gasteiger partial charge is 0.373 e. The zero-order chi connectivity index (χ0) is 13.0. The molecular formula is C15H22O2S. The van der Waals surface area contributed by atoms with Gasteiger partial charge in [-0.1, -0.05) is 19.3 Å². The lowest BCUT2D eigenvalue weighted by Gasteiger charge is -2.20. The molecular weight excluding hydrogens is 244 g/mol. The molecule has 0 amide bonds. The molecule has 0 saturated heterocycles. The monoisotopic (exact) mass is 266 g/mol. The van der Waals surface area contributed by atoms with Crippen LogP contribution in [0.15, 0.2) is 6.07 Å². The van der Waals surface area contributed by atoms with Crippen molar-refractivity contribution in [2.24, 2.45) is 5.92 Å². The van der Waals surface area contributed by atoms with Gasteiger partial charge in [-0.05, 0) is 38.7 Å². The first kappa shape index (κ1) is 13.8. The minimum absolute atomic E-state index is 0.132. The topological polar surface area (TPSA) is 26.3 Å². The Morgan fingerprint density at radius 2 is 2.06 bits per heavy atom. The Hall–Kier alpha value is -0.670. The van der Waals surface area contributed by atoms with Crippen molar-refractivity contribution in [3.63, 3.8) is 0 Å². The van der Waals surface area contributed by atoms with Crippen LogP contribution in [0.5, 0.6) is 0 Å². The van der Waals surface area contributed by atoms with Crippen molar-refractivity contribution in [2.45, 2.75) is 46.0 Å². The zero-order valence-electron chi connectivity index (χ0n) is 11.3. The van der Waals surface area contributed by atoms with E-state index in [9.17, 15) is 4.79 Å². The maximum Gasteiger partial charge on any atom is 0.189 e. The van der Waals surface area contributed by atoms with Gasteiger partial charge in [0.1, 0.15) is 6.61 Å². The number of Topliss-reactive ketones (excluding diaryl/α,β-unsaturated/α-hetero) is 1. The lowest BCUT2D eigenvalue weighted by molar-refractivity contribution is 0.0628. The Balaban J connectivity index is 1.76. The third-order valence-electron chi connectivity index (χ3n) is 3.65. The molecule has 0 bridgehead atoms. The van der Waals surface area contributed by atoms with Crippen molar-refractivity contribution < 1.29 is 9.53 Å². The minimum atomic E-state index is 0.132. The van der Waals surface area contributed by atoms with Gasteiger partial charge in [0.15, 0.2) is 5.78 Å². The third-order valence-corrected chi connectivity index (χ3v) is 4.62. The van der Waals surface area contributed by atoms with Crippen LogP contribution in [0.2, 0.25) is 0 Å². The van der Waals surface area contributed by atoms with Gasteiger partial charge in [-0.3, -0.25) is 4.79 Å². The number of ether oxygens (including phenoxy) is 1. The van der Waals surface area contributed by atoms with Gasteiger partial charge in [-0.15, -0.1) is 11.3 Å². The van der Waals surface area contributed by atoms with Gasteiger partial charge in [0.2, 0.25) is 0 Å². The Bertz CT molecular complexity index is 403. The molecule has 0 unspecified atom stereocenters. The zero-order valence-corrected chi connectivity index (χ0v) is 12.1. The molecule has 2 rings (SSSR count). The number of ketones is 1. The highest BCUT2D eigenvalue weighted by Crippen LogP contribution is 2.24. The molecule has 1 heterocycles. The van der Waals surface area contributed by atoms with Crippen LogP contribution in [-0.4, -0.2) is 19.0 Å². The van der Waals surface area contributed by atoms with Gasteiger partial charge in [0, 0.05) is 15.3 Å². The molecule has 2 nitrogen and oxygen atoms in total. The second kappa shape index (κ2) is 6.48. The van der Waals surface area contributed by atoms with E-state index >= 15 is 0 Å². The fourth-order valence-electron chi connectivity index (χ4n) is 2.66. The summed E-state index contributed by atoms with van der Waals surface area (Å²) in [5, 5.41) is 0. The second-order valence-corrected chi connectivity index (χ2v) is 6.73. The molecule has 1 aromatic rings. The van der Waals surface area contributed by atoms with Crippen LogP contribution in [0.4, 0.5) is 0 Å². The van der Waals surface area contributed by atoms with E-state index in [1.807, 2.05) is 19.9 Å². The molecule has 1 aliphatic carbocycles. The highest BCUT2D eigenvalue weighted by atomic mass is 32.1. The Morgan fingerprint density at radius 1 is 1.33 bits per heavy atom. The van der Waals surface area contributed by atoms with Crippen LogP contribution in [0, 0.1) is 19.8 Å². The molecule has 100 valence electrons. The smallest absolute Gasteiger partial charge is 0.189 e. The number of aryl methyl sites for hydroxylation is 2. The van der Waals surface area contributed by atoms with E-state index < -0.39 is 0 Å². The van der Waals surface area contributed by atoms with E-state index in [4.69, 9.17) is 4.74 Å². The van der Waals surface area contributed by atoms with Gasteiger partial charge in [-0.2, -0.15) is 0 Å². The maximum atomic E-state index is 12.0. The summed E-state index contributed by atoms with van der Waals surface area (Å²) in [4.78, 5) is 14.3. The molecule has 0 spiro atoms. The molecule has 1 saturated carbocycles. The number of hydrogen-bond donors (Lipinski definition) is 0. The van der Waals surface area contributed by atoms with Gasteiger partial charge in [0.05, 0.1) is 6.61 Å². The predicted molar refractivity (Wildman–Crippen MR) is 75.5 cm³/mol. The standard InChI is InChI=1S/C15H22O2S/c1-11-8-14(12(2)18-11)15(16)10-17-9-13-6-4-3-5-7-13/h8,13H,3-7,9-10H2,1-2H3. The summed E-state index contributed by atoms with van der Waals surface area (Å²) in [6.07, 6.45) is 6.55. The normalized spacial score (nSPS) is 17.0. The first-order valence-corrected chi connectivity index (χ1v) is 7.66. The summed E-state index contributed by atoms with van der Waals surface area (Å²) < 4.78 is 5.61. The summed E-state index contributed by atoms with van der Waals surface area (Å²) in [7, 11) is 0. The summed E-state index contributed by atoms with van der Waals surface area (Å²) in [5.74, 6) is 0.810. The Labute approximate surface area is 113 Å². The number of rotatable bonds is 5. The van der Waals surface area contributed by atoms with Crippen LogP contribution in [-0.2, 0) is 4.74 Å². The van der Waals surface area contributed by atoms with E-state index in [1.165, 1.54) is 37.0 Å². The van der Waals surface area contributed by atoms with Crippen molar-refractivity contribution in [1.82, 2.24) is 0 Å². The molecule has 18 heavy (non-hydrogen) atoms. The SMILES string of the molecule is Cc1cc(C(=O)COCC2CCCCC2)c(C)s1. The summed E-state index contributed by atoms with van der Waals surface area (Å²) in [5.41, 5.74) is 0.848. The molecule has 1 aromatic heterocycles. The van der Waals surface area contributed by atoms with Crippen molar-refractivity contribution >= 4 is 17.1 Å². The van der Waals surface area contributed by atoms with Crippen LogP contribution >= 0.6 is 11.3 Å². The van der Waals surface area contributed by atoms with Gasteiger partial charge in [0.25, 0.3) is 0 Å². The molecule has 0 aromatic carbocycles. The Morgan fingerprint density at radius 3 is 2.67 bits per heavy atom. The lowest BCUT2D eigenvalue weighted by Crippen LogP contribution is -2.17. The lowest BCUT2D eigenvalue weighted by atomic mass is 9.90. The van der Waals surface area contributed by atoms with Crippen molar-refractivity contribution in [2.75, 3.05) is 13.2 Å². The van der Waals surface area contributed by atoms with E-state index in [1.54, 1.807) is 11.3 Å². The number of hydrogen-bond acceptors (Lipinski definition) is 3. The molecule has 1 fully saturated rings. The van der Waals surface area contributed by atoms with Crippen molar-refractivity contribution in [1.29, 1.82) is 0 Å². The molecule has 3 heteroatoms. The average molecular weight is 266 g/mol. The van der Waals surface area contributed by atoms with E-state index in [0.717, 1.165) is 17.0 Å². The fraction of sp³-hybridized carbons (Fsp3) is 0.667. The maximum absolute atomic E-state index is 12.0. The molecule has 0 atom stereocenters. The van der Waals surface area contributed by atoms with Crippen LogP contribution in [0.1, 0.15) is 52.2 Å². The quantitative estimate of drug-likeness (QED) is 0.749. The highest BCUT2D eigenvalue weighted by Gasteiger charge is 2.16. The van der Waals surface area contributed by atoms with Crippen molar-refractivity contribution in [3.05, 3.63) is 21.4 Å². The molecule has 0 aliphatic heterocycles. The van der Waals surface area contributed by atoms with Crippen molar-refractivity contribution in [3.8, 4) is 0 Å². The fourth-order valence-corrected chi connectivity index (χ4v) is 3.60. The number of carbonyl (C=O) groups excluding carboxylic acids is 1. The van der Waals surface area contributed by atoms with E-state index in [0.29, 0.717) is 5.92 Å². The van der Waals surface area contributed by atoms with E-state index in [-0.39, 0.29) is 12.4 Å². The summed E-state index contributed by atoms with van der Waals surface area (Å²) in [6, 6.07) is 1.98. The summed E-state index contributed by atoms with van der Waals surface area (Å²) in [6.45, 7) is 5.05. The van der Waals surface area contributed by atoms with Gasteiger partial charge in [-0.25, -0.2) is 0 Å². The first-order valence-electron chi connectivity index (χ1n) is 6.85. The first-order chi connectivity index (χ1) is 8.66. The van der Waals surface area contributed by atoms with Crippen LogP contribution < -0.4 is 0 Å². The highest BCUT2D eigenvalue weighted by molar-refractivity contribution is 7.12. The van der Waals surface area contributed by atoms with Crippen LogP contribution in [0.25, 0.3) is 0 Å². The van der Waals surface area contributed by atoms with Crippen LogP contribution in [0.3, 0.4) is 0 Å². The second-order valence-electron chi connectivity index (χ2n) is 5.27. The predicted octanol–water partition coefficient (Wildman–Crippen LogP) is 4.14. The minimum Gasteiger partial charge on any atom is -0.373 e. The average Bonchev–Trinajstić information content (AvgIpc) is 2.70. The van der Waals surface area contributed by atoms with Gasteiger partial charge < -0.3 is 4.74 Å². The number of thiophene rings is 1. The molecule has 0 N–H and O–H groups in total. The molecule has 0 radical (unpaired) electrons. The van der Waals surface area contributed by atoms with Gasteiger partial charge >= 0.3 is 0 Å². The Kier molecular flexibility index (Phi) is 4.95. The summed E-state index contributed by atoms with van der Waals surface area (Å²) >= 11 is 1.68. The molecule has 1 aliphatic rings. The third kappa shape index (κ3) is 3.66. The van der Waals surface area contributed by atoms with E-state index in [2.05, 4.69) is 0 Å².